The normalized spacial score (nSPS) is 29.8. The quantitative estimate of drug-likeness (QED) is 0.779. The monoisotopic (exact) mass is 302 g/mol. The van der Waals surface area contributed by atoms with E-state index in [9.17, 15) is 4.79 Å². The minimum absolute atomic E-state index is 0.143. The first kappa shape index (κ1) is 13.1. The van der Waals surface area contributed by atoms with Crippen LogP contribution in [0.15, 0.2) is 60.2 Å². The molecule has 0 heterocycles. The minimum Gasteiger partial charge on any atom is -0.466 e. The first-order chi connectivity index (χ1) is 11.3. The molecule has 23 heavy (non-hydrogen) atoms. The number of carbonyl (C=O) groups is 1. The summed E-state index contributed by atoms with van der Waals surface area (Å²) in [6.07, 6.45) is 1.17. The van der Waals surface area contributed by atoms with E-state index in [-0.39, 0.29) is 5.97 Å². The number of benzene rings is 2. The molecule has 2 bridgehead atoms. The van der Waals surface area contributed by atoms with Gasteiger partial charge in [0.25, 0.3) is 0 Å². The lowest BCUT2D eigenvalue weighted by molar-refractivity contribution is -0.137. The lowest BCUT2D eigenvalue weighted by Crippen LogP contribution is -2.38. The zero-order valence-electron chi connectivity index (χ0n) is 13.0. The van der Waals surface area contributed by atoms with Crippen molar-refractivity contribution in [3.05, 3.63) is 76.9 Å². The first-order valence-corrected chi connectivity index (χ1v) is 8.28. The van der Waals surface area contributed by atoms with Gasteiger partial charge in [-0.3, -0.25) is 0 Å². The lowest BCUT2D eigenvalue weighted by Gasteiger charge is -2.44. The number of rotatable bonds is 2. The molecule has 3 aliphatic rings. The van der Waals surface area contributed by atoms with Crippen molar-refractivity contribution in [1.29, 1.82) is 0 Å². The van der Waals surface area contributed by atoms with Crippen LogP contribution in [0.3, 0.4) is 0 Å². The molecule has 0 unspecified atom stereocenters. The average molecular weight is 302 g/mol. The number of hydrogen-bond donors (Lipinski definition) is 0. The van der Waals surface area contributed by atoms with Gasteiger partial charge in [-0.2, -0.15) is 0 Å². The molecule has 4 atom stereocenters. The summed E-state index contributed by atoms with van der Waals surface area (Å²) in [5.41, 5.74) is 6.28. The molecule has 114 valence electrons. The summed E-state index contributed by atoms with van der Waals surface area (Å²) >= 11 is 0. The van der Waals surface area contributed by atoms with Gasteiger partial charge in [-0.15, -0.1) is 0 Å². The summed E-state index contributed by atoms with van der Waals surface area (Å²) in [6.45, 7) is 0. The Morgan fingerprint density at radius 3 is 2.17 bits per heavy atom. The van der Waals surface area contributed by atoms with E-state index in [2.05, 4.69) is 36.4 Å². The minimum atomic E-state index is -0.143. The fourth-order valence-corrected chi connectivity index (χ4v) is 5.24. The van der Waals surface area contributed by atoms with Gasteiger partial charge in [-0.1, -0.05) is 54.6 Å². The molecule has 1 fully saturated rings. The zero-order chi connectivity index (χ0) is 15.6. The molecule has 2 heteroatoms. The van der Waals surface area contributed by atoms with Crippen LogP contribution in [-0.2, 0) is 9.53 Å². The van der Waals surface area contributed by atoms with Gasteiger partial charge in [-0.05, 0) is 46.4 Å². The summed E-state index contributed by atoms with van der Waals surface area (Å²) in [5, 5.41) is 0. The molecule has 0 spiro atoms. The third-order valence-electron chi connectivity index (χ3n) is 6.00. The number of esters is 1. The maximum Gasteiger partial charge on any atom is 0.334 e. The number of hydrogen-bond acceptors (Lipinski definition) is 2. The SMILES string of the molecule is COC(=O)C1=C(c2ccccc2)[C@H]2[C@@H]1[C@H]1C[C@@H]2c2ccccc21. The third kappa shape index (κ3) is 1.56. The Kier molecular flexibility index (Phi) is 2.61. The number of fused-ring (bicyclic) bond motifs is 8. The summed E-state index contributed by atoms with van der Waals surface area (Å²) in [5.74, 6) is 1.73. The Morgan fingerprint density at radius 2 is 1.52 bits per heavy atom. The van der Waals surface area contributed by atoms with E-state index in [1.165, 1.54) is 35.8 Å². The highest BCUT2D eigenvalue weighted by atomic mass is 16.5. The number of allylic oxidation sites excluding steroid dienone is 1. The molecule has 0 amide bonds. The fraction of sp³-hybridized carbons (Fsp3) is 0.286. The van der Waals surface area contributed by atoms with E-state index in [1.54, 1.807) is 0 Å². The number of methoxy groups -OCH3 is 1. The van der Waals surface area contributed by atoms with E-state index in [0.29, 0.717) is 23.7 Å². The van der Waals surface area contributed by atoms with Crippen LogP contribution in [0.1, 0.15) is 34.9 Å². The second kappa shape index (κ2) is 4.58. The Balaban J connectivity index is 1.67. The van der Waals surface area contributed by atoms with Gasteiger partial charge in [0.15, 0.2) is 0 Å². The average Bonchev–Trinajstić information content (AvgIpc) is 3.09. The Hall–Kier alpha value is -2.35. The first-order valence-electron chi connectivity index (χ1n) is 8.28. The molecule has 1 saturated carbocycles. The molecule has 0 aromatic heterocycles. The van der Waals surface area contributed by atoms with Crippen LogP contribution in [-0.4, -0.2) is 13.1 Å². The predicted molar refractivity (Wildman–Crippen MR) is 88.9 cm³/mol. The van der Waals surface area contributed by atoms with Crippen LogP contribution < -0.4 is 0 Å². The van der Waals surface area contributed by atoms with Gasteiger partial charge in [0.2, 0.25) is 0 Å². The summed E-state index contributed by atoms with van der Waals surface area (Å²) in [6, 6.07) is 19.1. The molecule has 0 N–H and O–H groups in total. The van der Waals surface area contributed by atoms with Crippen LogP contribution in [0.25, 0.3) is 5.57 Å². The molecule has 3 aliphatic carbocycles. The van der Waals surface area contributed by atoms with Gasteiger partial charge in [0.1, 0.15) is 0 Å². The van der Waals surface area contributed by atoms with E-state index in [0.717, 1.165) is 5.57 Å². The van der Waals surface area contributed by atoms with Crippen LogP contribution in [0.5, 0.6) is 0 Å². The smallest absolute Gasteiger partial charge is 0.334 e. The van der Waals surface area contributed by atoms with Crippen molar-refractivity contribution in [2.45, 2.75) is 18.3 Å². The van der Waals surface area contributed by atoms with Gasteiger partial charge in [-0.25, -0.2) is 4.79 Å². The van der Waals surface area contributed by atoms with Crippen molar-refractivity contribution in [2.75, 3.05) is 7.11 Å². The lowest BCUT2D eigenvalue weighted by atomic mass is 9.58. The standard InChI is InChI=1S/C21H18O2/c1-23-21(22)20-17(12-7-3-2-4-8-12)18-15-11-16(19(18)20)14-10-6-5-9-13(14)15/h2-10,15-16,18-19H,11H2,1H3/t15-,16+,18+,19+/m1/s1. The highest BCUT2D eigenvalue weighted by molar-refractivity contribution is 6.04. The topological polar surface area (TPSA) is 26.3 Å². The predicted octanol–water partition coefficient (Wildman–Crippen LogP) is 4.14. The van der Waals surface area contributed by atoms with E-state index < -0.39 is 0 Å². The van der Waals surface area contributed by atoms with Crippen molar-refractivity contribution in [2.24, 2.45) is 11.8 Å². The molecule has 0 aliphatic heterocycles. The van der Waals surface area contributed by atoms with Gasteiger partial charge in [0.05, 0.1) is 7.11 Å². The van der Waals surface area contributed by atoms with Gasteiger partial charge < -0.3 is 4.74 Å². The molecule has 2 nitrogen and oxygen atoms in total. The van der Waals surface area contributed by atoms with Gasteiger partial charge in [0, 0.05) is 11.5 Å². The molecular weight excluding hydrogens is 284 g/mol. The van der Waals surface area contributed by atoms with Crippen molar-refractivity contribution in [3.8, 4) is 0 Å². The molecular formula is C21H18O2. The molecule has 2 aromatic rings. The maximum absolute atomic E-state index is 12.4. The van der Waals surface area contributed by atoms with Crippen molar-refractivity contribution >= 4 is 11.5 Å². The van der Waals surface area contributed by atoms with Gasteiger partial charge >= 0.3 is 5.97 Å². The van der Waals surface area contributed by atoms with E-state index >= 15 is 0 Å². The van der Waals surface area contributed by atoms with Crippen molar-refractivity contribution in [1.82, 2.24) is 0 Å². The molecule has 2 aromatic carbocycles. The number of carbonyl (C=O) groups excluding carboxylic acids is 1. The van der Waals surface area contributed by atoms with Crippen LogP contribution >= 0.6 is 0 Å². The highest BCUT2D eigenvalue weighted by Crippen LogP contribution is 2.70. The largest absolute Gasteiger partial charge is 0.466 e. The number of ether oxygens (including phenoxy) is 1. The van der Waals surface area contributed by atoms with E-state index in [4.69, 9.17) is 4.74 Å². The molecule has 0 saturated heterocycles. The van der Waals surface area contributed by atoms with Crippen molar-refractivity contribution in [3.63, 3.8) is 0 Å². The second-order valence-corrected chi connectivity index (χ2v) is 6.81. The van der Waals surface area contributed by atoms with Crippen LogP contribution in [0.2, 0.25) is 0 Å². The fourth-order valence-electron chi connectivity index (χ4n) is 5.24. The molecule has 0 radical (unpaired) electrons. The highest BCUT2D eigenvalue weighted by Gasteiger charge is 2.60. The zero-order valence-corrected chi connectivity index (χ0v) is 13.0. The third-order valence-corrected chi connectivity index (χ3v) is 6.00. The Labute approximate surface area is 135 Å². The maximum atomic E-state index is 12.4. The van der Waals surface area contributed by atoms with E-state index in [1.807, 2.05) is 18.2 Å². The van der Waals surface area contributed by atoms with Crippen LogP contribution in [0.4, 0.5) is 0 Å². The van der Waals surface area contributed by atoms with Crippen LogP contribution in [0, 0.1) is 11.8 Å². The van der Waals surface area contributed by atoms with Crippen molar-refractivity contribution < 1.29 is 9.53 Å². The summed E-state index contributed by atoms with van der Waals surface area (Å²) < 4.78 is 5.11. The summed E-state index contributed by atoms with van der Waals surface area (Å²) in [4.78, 5) is 12.4. The molecule has 5 rings (SSSR count). The summed E-state index contributed by atoms with van der Waals surface area (Å²) in [7, 11) is 1.49. The second-order valence-electron chi connectivity index (χ2n) is 6.81. The Morgan fingerprint density at radius 1 is 0.913 bits per heavy atom. The Bertz CT molecular complexity index is 834.